The van der Waals surface area contributed by atoms with E-state index in [2.05, 4.69) is 17.1 Å². The fourth-order valence-corrected chi connectivity index (χ4v) is 6.03. The Bertz CT molecular complexity index is 758. The molecule has 3 rings (SSSR count). The first-order chi connectivity index (χ1) is 14.0. The summed E-state index contributed by atoms with van der Waals surface area (Å²) in [6, 6.07) is 7.65. The van der Waals surface area contributed by atoms with Gasteiger partial charge < -0.3 is 10.2 Å². The van der Waals surface area contributed by atoms with Gasteiger partial charge in [-0.05, 0) is 62.8 Å². The zero-order valence-corrected chi connectivity index (χ0v) is 18.4. The van der Waals surface area contributed by atoms with Crippen molar-refractivity contribution in [3.05, 3.63) is 35.4 Å². The van der Waals surface area contributed by atoms with Crippen molar-refractivity contribution in [3.8, 4) is 0 Å². The summed E-state index contributed by atoms with van der Waals surface area (Å²) in [5, 5.41) is 2.99. The van der Waals surface area contributed by atoms with Crippen LogP contribution in [0.4, 0.5) is 0 Å². The first-order valence-corrected chi connectivity index (χ1v) is 12.7. The summed E-state index contributed by atoms with van der Waals surface area (Å²) in [5.74, 6) is -0.0896. The lowest BCUT2D eigenvalue weighted by Crippen LogP contribution is -2.40. The Morgan fingerprint density at radius 1 is 1.07 bits per heavy atom. The number of likely N-dealkylation sites (tertiary alicyclic amines) is 1. The fraction of sp³-hybridized carbons (Fsp3) is 0.682. The van der Waals surface area contributed by atoms with Crippen LogP contribution in [0, 0.1) is 0 Å². The van der Waals surface area contributed by atoms with Gasteiger partial charge in [-0.25, -0.2) is 12.7 Å². The molecule has 1 N–H and O–H groups in total. The Hall–Kier alpha value is -1.44. The molecule has 0 radical (unpaired) electrons. The van der Waals surface area contributed by atoms with Gasteiger partial charge in [-0.3, -0.25) is 4.79 Å². The van der Waals surface area contributed by atoms with E-state index in [1.807, 2.05) is 0 Å². The zero-order valence-electron chi connectivity index (χ0n) is 17.6. The molecule has 6 nitrogen and oxygen atoms in total. The van der Waals surface area contributed by atoms with Crippen molar-refractivity contribution in [1.82, 2.24) is 14.5 Å². The van der Waals surface area contributed by atoms with Gasteiger partial charge in [0.25, 0.3) is 5.91 Å². The number of sulfonamides is 1. The highest BCUT2D eigenvalue weighted by Gasteiger charge is 2.25. The molecule has 0 bridgehead atoms. The molecule has 0 saturated carbocycles. The Morgan fingerprint density at radius 3 is 2.45 bits per heavy atom. The molecule has 29 heavy (non-hydrogen) atoms. The molecule has 0 spiro atoms. The fourth-order valence-electron chi connectivity index (χ4n) is 4.42. The molecule has 1 amide bonds. The molecular formula is C22H35N3O3S. The molecule has 162 valence electrons. The van der Waals surface area contributed by atoms with Gasteiger partial charge in [0.05, 0.1) is 5.75 Å². The molecule has 0 aliphatic carbocycles. The topological polar surface area (TPSA) is 69.7 Å². The van der Waals surface area contributed by atoms with E-state index in [4.69, 9.17) is 0 Å². The molecule has 2 fully saturated rings. The maximum Gasteiger partial charge on any atom is 0.251 e. The van der Waals surface area contributed by atoms with E-state index in [9.17, 15) is 13.2 Å². The average Bonchev–Trinajstić information content (AvgIpc) is 3.27. The van der Waals surface area contributed by atoms with Crippen LogP contribution in [0.1, 0.15) is 67.8 Å². The second-order valence-corrected chi connectivity index (χ2v) is 10.2. The standard InChI is InChI=1S/C22H35N3O3S/c1-2-21-8-3-4-14-24(21)15-7-13-23-22(26)20-11-9-19(10-12-20)18-29(27,28)25-16-5-6-17-25/h9-12,21H,2-8,13-18H2,1H3,(H,23,26)/t21-/m1/s1. The number of nitrogens with one attached hydrogen (secondary N) is 1. The highest BCUT2D eigenvalue weighted by molar-refractivity contribution is 7.88. The minimum absolute atomic E-state index is 0.00330. The lowest BCUT2D eigenvalue weighted by molar-refractivity contribution is 0.0947. The summed E-state index contributed by atoms with van der Waals surface area (Å²) in [7, 11) is -3.25. The van der Waals surface area contributed by atoms with Crippen LogP contribution in [0.25, 0.3) is 0 Å². The van der Waals surface area contributed by atoms with Crippen molar-refractivity contribution < 1.29 is 13.2 Å². The van der Waals surface area contributed by atoms with Crippen LogP contribution in [0.2, 0.25) is 0 Å². The van der Waals surface area contributed by atoms with Crippen LogP contribution in [-0.4, -0.2) is 62.3 Å². The first kappa shape index (κ1) is 22.2. The number of hydrogen-bond acceptors (Lipinski definition) is 4. The van der Waals surface area contributed by atoms with E-state index < -0.39 is 10.0 Å². The second-order valence-electron chi connectivity index (χ2n) is 8.26. The predicted molar refractivity (Wildman–Crippen MR) is 116 cm³/mol. The van der Waals surface area contributed by atoms with Gasteiger partial charge in [-0.15, -0.1) is 0 Å². The molecule has 2 aliphatic rings. The highest BCUT2D eigenvalue weighted by atomic mass is 32.2. The van der Waals surface area contributed by atoms with Gasteiger partial charge in [0.2, 0.25) is 10.0 Å². The van der Waals surface area contributed by atoms with Crippen molar-refractivity contribution in [2.24, 2.45) is 0 Å². The van der Waals surface area contributed by atoms with Gasteiger partial charge in [0.15, 0.2) is 0 Å². The van der Waals surface area contributed by atoms with E-state index in [0.29, 0.717) is 31.2 Å². The number of amides is 1. The molecule has 2 aliphatic heterocycles. The summed E-state index contributed by atoms with van der Waals surface area (Å²) in [6.45, 7) is 6.38. The third-order valence-corrected chi connectivity index (χ3v) is 8.00. The third-order valence-electron chi connectivity index (χ3n) is 6.15. The molecule has 2 saturated heterocycles. The summed E-state index contributed by atoms with van der Waals surface area (Å²) in [5.41, 5.74) is 1.31. The third kappa shape index (κ3) is 6.27. The van der Waals surface area contributed by atoms with Gasteiger partial charge in [0.1, 0.15) is 0 Å². The Labute approximate surface area is 175 Å². The number of hydrogen-bond donors (Lipinski definition) is 1. The van der Waals surface area contributed by atoms with Crippen LogP contribution in [0.15, 0.2) is 24.3 Å². The van der Waals surface area contributed by atoms with Crippen molar-refractivity contribution in [3.63, 3.8) is 0 Å². The molecule has 1 atom stereocenters. The molecule has 0 aromatic heterocycles. The number of rotatable bonds is 9. The SMILES string of the molecule is CC[C@@H]1CCCCN1CCCNC(=O)c1ccc(CS(=O)(=O)N2CCCC2)cc1. The summed E-state index contributed by atoms with van der Waals surface area (Å²) < 4.78 is 26.4. The van der Waals surface area contributed by atoms with E-state index in [1.165, 1.54) is 32.2 Å². The molecule has 1 aromatic carbocycles. The summed E-state index contributed by atoms with van der Waals surface area (Å²) >= 11 is 0. The normalized spacial score (nSPS) is 21.3. The van der Waals surface area contributed by atoms with Crippen molar-refractivity contribution in [2.75, 3.05) is 32.7 Å². The minimum Gasteiger partial charge on any atom is -0.352 e. The minimum atomic E-state index is -3.25. The summed E-state index contributed by atoms with van der Waals surface area (Å²) in [4.78, 5) is 14.9. The molecule has 7 heteroatoms. The Kier molecular flexibility index (Phi) is 8.09. The molecule has 2 heterocycles. The largest absolute Gasteiger partial charge is 0.352 e. The van der Waals surface area contributed by atoms with E-state index >= 15 is 0 Å². The van der Waals surface area contributed by atoms with E-state index in [-0.39, 0.29) is 11.7 Å². The van der Waals surface area contributed by atoms with E-state index in [0.717, 1.165) is 31.4 Å². The maximum atomic E-state index is 12.4. The maximum absolute atomic E-state index is 12.4. The smallest absolute Gasteiger partial charge is 0.251 e. The van der Waals surface area contributed by atoms with Crippen molar-refractivity contribution in [2.45, 2.75) is 63.7 Å². The van der Waals surface area contributed by atoms with Crippen molar-refractivity contribution >= 4 is 15.9 Å². The van der Waals surface area contributed by atoms with Gasteiger partial charge in [0, 0.05) is 37.8 Å². The lowest BCUT2D eigenvalue weighted by Gasteiger charge is -2.35. The molecule has 1 aromatic rings. The van der Waals surface area contributed by atoms with Crippen LogP contribution < -0.4 is 5.32 Å². The molecular weight excluding hydrogens is 386 g/mol. The van der Waals surface area contributed by atoms with E-state index in [1.54, 1.807) is 28.6 Å². The Balaban J connectivity index is 1.43. The number of piperidine rings is 1. The molecule has 0 unspecified atom stereocenters. The van der Waals surface area contributed by atoms with Crippen LogP contribution in [-0.2, 0) is 15.8 Å². The highest BCUT2D eigenvalue weighted by Crippen LogP contribution is 2.19. The number of carbonyl (C=O) groups excluding carboxylic acids is 1. The lowest BCUT2D eigenvalue weighted by atomic mass is 10.00. The van der Waals surface area contributed by atoms with Gasteiger partial charge in [-0.2, -0.15) is 0 Å². The van der Waals surface area contributed by atoms with Crippen molar-refractivity contribution in [1.29, 1.82) is 0 Å². The quantitative estimate of drug-likeness (QED) is 0.623. The summed E-state index contributed by atoms with van der Waals surface area (Å²) in [6.07, 6.45) is 7.94. The second kappa shape index (κ2) is 10.5. The van der Waals surface area contributed by atoms with Gasteiger partial charge >= 0.3 is 0 Å². The Morgan fingerprint density at radius 2 is 1.76 bits per heavy atom. The van der Waals surface area contributed by atoms with Crippen LogP contribution in [0.3, 0.4) is 0 Å². The van der Waals surface area contributed by atoms with Gasteiger partial charge in [-0.1, -0.05) is 25.5 Å². The zero-order chi connectivity index (χ0) is 20.7. The number of benzene rings is 1. The number of carbonyl (C=O) groups is 1. The van der Waals surface area contributed by atoms with Crippen LogP contribution >= 0.6 is 0 Å². The predicted octanol–water partition coefficient (Wildman–Crippen LogP) is 3.00. The first-order valence-electron chi connectivity index (χ1n) is 11.1. The monoisotopic (exact) mass is 421 g/mol. The number of nitrogens with zero attached hydrogens (tertiary/aromatic N) is 2. The van der Waals surface area contributed by atoms with Crippen LogP contribution in [0.5, 0.6) is 0 Å². The average molecular weight is 422 g/mol.